The van der Waals surface area contributed by atoms with Gasteiger partial charge in [0.05, 0.1) is 17.7 Å². The minimum Gasteiger partial charge on any atom is -0.459 e. The summed E-state index contributed by atoms with van der Waals surface area (Å²) in [5.74, 6) is -2.13. The van der Waals surface area contributed by atoms with Crippen LogP contribution < -0.4 is 5.32 Å². The molecule has 1 N–H and O–H groups in total. The lowest BCUT2D eigenvalue weighted by molar-refractivity contribution is -0.153. The number of carbonyl (C=O) groups excluding carboxylic acids is 3. The maximum Gasteiger partial charge on any atom is 0.340 e. The molecule has 7 heteroatoms. The topological polar surface area (TPSA) is 90.9 Å². The summed E-state index contributed by atoms with van der Waals surface area (Å²) < 4.78 is 17.1. The number of fused-ring (bicyclic) bond motifs is 2. The molecule has 7 nitrogen and oxygen atoms in total. The Kier molecular flexibility index (Phi) is 5.91. The summed E-state index contributed by atoms with van der Waals surface area (Å²) in [6.07, 6.45) is 1.33. The lowest BCUT2D eigenvalue weighted by Gasteiger charge is -2.19. The van der Waals surface area contributed by atoms with Crippen LogP contribution in [0.3, 0.4) is 0 Å². The summed E-state index contributed by atoms with van der Waals surface area (Å²) in [6, 6.07) is 3.60. The molecular weight excluding hydrogens is 374 g/mol. The molecule has 0 bridgehead atoms. The van der Waals surface area contributed by atoms with E-state index in [0.29, 0.717) is 17.7 Å². The van der Waals surface area contributed by atoms with Crippen LogP contribution in [0.5, 0.6) is 0 Å². The molecular formula is C22H27NO6. The zero-order valence-corrected chi connectivity index (χ0v) is 17.4. The molecule has 0 aromatic heterocycles. The van der Waals surface area contributed by atoms with Gasteiger partial charge in [0, 0.05) is 6.42 Å². The van der Waals surface area contributed by atoms with Crippen LogP contribution in [0.2, 0.25) is 0 Å². The number of amides is 1. The number of anilines is 1. The number of cyclic esters (lactones) is 1. The molecule has 1 aromatic rings. The van der Waals surface area contributed by atoms with Crippen molar-refractivity contribution in [3.05, 3.63) is 41.0 Å². The Bertz CT molecular complexity index is 872. The van der Waals surface area contributed by atoms with Crippen molar-refractivity contribution in [1.82, 2.24) is 0 Å². The van der Waals surface area contributed by atoms with Gasteiger partial charge in [0.1, 0.15) is 18.3 Å². The van der Waals surface area contributed by atoms with Crippen molar-refractivity contribution in [1.29, 1.82) is 0 Å². The van der Waals surface area contributed by atoms with Crippen molar-refractivity contribution in [3.8, 4) is 0 Å². The molecule has 3 atom stereocenters. The number of aryl methyl sites for hydroxylation is 2. The smallest absolute Gasteiger partial charge is 0.340 e. The second-order valence-electron chi connectivity index (χ2n) is 8.11. The average molecular weight is 401 g/mol. The molecule has 0 saturated carbocycles. The summed E-state index contributed by atoms with van der Waals surface area (Å²) in [5.41, 5.74) is 2.34. The molecule has 1 saturated heterocycles. The summed E-state index contributed by atoms with van der Waals surface area (Å²) in [7, 11) is 0. The van der Waals surface area contributed by atoms with Crippen LogP contribution >= 0.6 is 0 Å². The van der Waals surface area contributed by atoms with Crippen molar-refractivity contribution in [2.75, 3.05) is 5.32 Å². The lowest BCUT2D eigenvalue weighted by atomic mass is 10.0. The van der Waals surface area contributed by atoms with Crippen LogP contribution in [0, 0.1) is 13.8 Å². The lowest BCUT2D eigenvalue weighted by Crippen LogP contribution is -2.34. The van der Waals surface area contributed by atoms with Crippen molar-refractivity contribution in [2.45, 2.75) is 71.6 Å². The van der Waals surface area contributed by atoms with Crippen molar-refractivity contribution < 1.29 is 28.6 Å². The number of ether oxygens (including phenoxy) is 3. The van der Waals surface area contributed by atoms with Gasteiger partial charge in [-0.1, -0.05) is 12.1 Å². The number of carbonyl (C=O) groups is 3. The molecule has 2 aliphatic heterocycles. The number of benzene rings is 1. The molecule has 0 aliphatic carbocycles. The van der Waals surface area contributed by atoms with Gasteiger partial charge in [-0.3, -0.25) is 9.59 Å². The number of ketones is 1. The van der Waals surface area contributed by atoms with Crippen molar-refractivity contribution in [2.24, 2.45) is 0 Å². The third-order valence-corrected chi connectivity index (χ3v) is 4.87. The minimum absolute atomic E-state index is 0.0778. The Morgan fingerprint density at radius 2 is 1.83 bits per heavy atom. The van der Waals surface area contributed by atoms with Gasteiger partial charge < -0.3 is 19.5 Å². The Balaban J connectivity index is 1.98. The Morgan fingerprint density at radius 3 is 2.55 bits per heavy atom. The highest BCUT2D eigenvalue weighted by Gasteiger charge is 2.45. The summed E-state index contributed by atoms with van der Waals surface area (Å²) in [5, 5.41) is 2.79. The predicted molar refractivity (Wildman–Crippen MR) is 107 cm³/mol. The highest BCUT2D eigenvalue weighted by Crippen LogP contribution is 2.32. The Labute approximate surface area is 170 Å². The number of hydrogen-bond donors (Lipinski definition) is 1. The predicted octanol–water partition coefficient (Wildman–Crippen LogP) is 3.23. The fourth-order valence-electron chi connectivity index (χ4n) is 3.71. The van der Waals surface area contributed by atoms with Crippen LogP contribution in [0.25, 0.3) is 0 Å². The molecule has 29 heavy (non-hydrogen) atoms. The first-order valence-electron chi connectivity index (χ1n) is 9.74. The summed E-state index contributed by atoms with van der Waals surface area (Å²) >= 11 is 0. The molecule has 0 spiro atoms. The van der Waals surface area contributed by atoms with Crippen LogP contribution in [-0.2, 0) is 23.8 Å². The Morgan fingerprint density at radius 1 is 1.10 bits per heavy atom. The first-order valence-corrected chi connectivity index (χ1v) is 9.74. The van der Waals surface area contributed by atoms with E-state index in [1.807, 2.05) is 13.0 Å². The van der Waals surface area contributed by atoms with E-state index in [-0.39, 0.29) is 18.1 Å². The van der Waals surface area contributed by atoms with Gasteiger partial charge in [0.25, 0.3) is 0 Å². The van der Waals surface area contributed by atoms with Gasteiger partial charge in [-0.2, -0.15) is 0 Å². The van der Waals surface area contributed by atoms with Crippen molar-refractivity contribution in [3.63, 3.8) is 0 Å². The number of nitrogens with one attached hydrogen (secondary N) is 1. The van der Waals surface area contributed by atoms with Gasteiger partial charge in [-0.25, -0.2) is 4.79 Å². The SMILES string of the molecule is Cc1cc(C)c2c(c1)NC(=O)C[C@@H]1OC(C)(C)O[C@@H]1C(=O)/C=C/C[C@H](C)OC2=O. The third-order valence-electron chi connectivity index (χ3n) is 4.87. The quantitative estimate of drug-likeness (QED) is 0.671. The summed E-state index contributed by atoms with van der Waals surface area (Å²) in [4.78, 5) is 38.1. The fraction of sp³-hybridized carbons (Fsp3) is 0.500. The van der Waals surface area contributed by atoms with E-state index in [1.54, 1.807) is 39.8 Å². The second-order valence-corrected chi connectivity index (χ2v) is 8.11. The zero-order valence-electron chi connectivity index (χ0n) is 17.4. The maximum absolute atomic E-state index is 12.7. The van der Waals surface area contributed by atoms with E-state index in [0.717, 1.165) is 11.1 Å². The first kappa shape index (κ1) is 21.2. The molecule has 0 radical (unpaired) electrons. The molecule has 3 rings (SSSR count). The van der Waals surface area contributed by atoms with E-state index in [2.05, 4.69) is 5.32 Å². The van der Waals surface area contributed by atoms with E-state index >= 15 is 0 Å². The van der Waals surface area contributed by atoms with Crippen LogP contribution in [-0.4, -0.2) is 41.8 Å². The van der Waals surface area contributed by atoms with Crippen LogP contribution in [0.4, 0.5) is 5.69 Å². The monoisotopic (exact) mass is 401 g/mol. The fourth-order valence-corrected chi connectivity index (χ4v) is 3.71. The van der Waals surface area contributed by atoms with E-state index < -0.39 is 30.1 Å². The average Bonchev–Trinajstić information content (AvgIpc) is 2.87. The number of hydrogen-bond acceptors (Lipinski definition) is 6. The Hall–Kier alpha value is -2.51. The van der Waals surface area contributed by atoms with Crippen LogP contribution in [0.1, 0.15) is 55.1 Å². The third kappa shape index (κ3) is 4.92. The zero-order chi connectivity index (χ0) is 21.3. The van der Waals surface area contributed by atoms with E-state index in [4.69, 9.17) is 14.2 Å². The standard InChI is InChI=1S/C22H27NO6/c1-12-9-13(2)19-15(10-12)23-18(25)11-17-20(29-22(4,5)28-17)16(24)8-6-7-14(3)27-21(19)26/h6,8-10,14,17,20H,7,11H2,1-5H3,(H,23,25)/b8-6+/t14-,17-,20+/m0/s1. The highest BCUT2D eigenvalue weighted by atomic mass is 16.8. The molecule has 156 valence electrons. The molecule has 2 aliphatic rings. The van der Waals surface area contributed by atoms with Gasteiger partial charge in [-0.15, -0.1) is 0 Å². The molecule has 1 fully saturated rings. The van der Waals surface area contributed by atoms with E-state index in [1.165, 1.54) is 6.08 Å². The molecule has 1 aromatic carbocycles. The van der Waals surface area contributed by atoms with Gasteiger partial charge in [0.15, 0.2) is 11.6 Å². The van der Waals surface area contributed by atoms with Crippen molar-refractivity contribution >= 4 is 23.3 Å². The highest BCUT2D eigenvalue weighted by molar-refractivity contribution is 6.03. The normalized spacial score (nSPS) is 28.6. The largest absolute Gasteiger partial charge is 0.459 e. The maximum atomic E-state index is 12.7. The second kappa shape index (κ2) is 8.08. The molecule has 1 amide bonds. The minimum atomic E-state index is -0.968. The van der Waals surface area contributed by atoms with E-state index in [9.17, 15) is 14.4 Å². The molecule has 0 unspecified atom stereocenters. The summed E-state index contributed by atoms with van der Waals surface area (Å²) in [6.45, 7) is 8.85. The molecule has 2 heterocycles. The van der Waals surface area contributed by atoms with Gasteiger partial charge >= 0.3 is 5.97 Å². The van der Waals surface area contributed by atoms with Gasteiger partial charge in [-0.05, 0) is 57.9 Å². The number of rotatable bonds is 0. The van der Waals surface area contributed by atoms with Crippen LogP contribution in [0.15, 0.2) is 24.3 Å². The van der Waals surface area contributed by atoms with Gasteiger partial charge in [0.2, 0.25) is 5.91 Å². The number of esters is 1. The first-order chi connectivity index (χ1) is 13.6.